The SMILES string of the molecule is [2H]c1c(C)[n+](C)c(-c2cc(-c3ccccc3)c(F)cc2C)c2ccc(C34CC5CC(CC(C5)C3)C4)cc12. The van der Waals surface area contributed by atoms with Crippen molar-refractivity contribution in [1.29, 1.82) is 0 Å². The molecule has 4 aliphatic carbocycles. The number of benzene rings is 3. The van der Waals surface area contributed by atoms with Gasteiger partial charge in [-0.3, -0.25) is 0 Å². The summed E-state index contributed by atoms with van der Waals surface area (Å²) in [6, 6.07) is 21.1. The molecule has 4 aromatic rings. The largest absolute Gasteiger partial charge is 0.220 e. The first-order chi connectivity index (χ1) is 17.8. The van der Waals surface area contributed by atoms with Gasteiger partial charge in [0, 0.05) is 18.5 Å². The van der Waals surface area contributed by atoms with Gasteiger partial charge in [0.05, 0.1) is 12.3 Å². The molecule has 2 heteroatoms. The van der Waals surface area contributed by atoms with Crippen molar-refractivity contribution in [3.63, 3.8) is 0 Å². The monoisotopic (exact) mass is 477 g/mol. The standard InChI is InChI=1S/C34H35FN/c1-21-11-32(35)31(26-7-5-4-6-8-26)17-30(21)33-29-10-9-28(16-27(29)12-22(2)36(33)3)34-18-23-13-24(19-34)15-25(14-23)20-34/h4-12,16-17,23-25H,13-15,18-20H2,1-3H3/q+1/i12D. The summed E-state index contributed by atoms with van der Waals surface area (Å²) >= 11 is 0. The number of pyridine rings is 1. The number of nitrogens with zero attached hydrogens (tertiary/aromatic N) is 1. The molecule has 1 heterocycles. The molecule has 36 heavy (non-hydrogen) atoms. The summed E-state index contributed by atoms with van der Waals surface area (Å²) < 4.78 is 26.4. The third-order valence-electron chi connectivity index (χ3n) is 9.73. The molecule has 0 spiro atoms. The second-order valence-electron chi connectivity index (χ2n) is 12.1. The van der Waals surface area contributed by atoms with Crippen LogP contribution in [0.25, 0.3) is 33.2 Å². The van der Waals surface area contributed by atoms with Crippen molar-refractivity contribution in [1.82, 2.24) is 0 Å². The second-order valence-corrected chi connectivity index (χ2v) is 12.1. The normalized spacial score (nSPS) is 27.0. The predicted molar refractivity (Wildman–Crippen MR) is 145 cm³/mol. The molecule has 0 N–H and O–H groups in total. The summed E-state index contributed by atoms with van der Waals surface area (Å²) in [5.41, 5.74) is 7.19. The quantitative estimate of drug-likeness (QED) is 0.262. The van der Waals surface area contributed by atoms with Crippen molar-refractivity contribution in [2.45, 2.75) is 57.8 Å². The van der Waals surface area contributed by atoms with Crippen LogP contribution in [-0.4, -0.2) is 0 Å². The molecule has 1 nitrogen and oxygen atoms in total. The number of fused-ring (bicyclic) bond motifs is 1. The number of rotatable bonds is 3. The van der Waals surface area contributed by atoms with Gasteiger partial charge >= 0.3 is 0 Å². The minimum atomic E-state index is -0.197. The van der Waals surface area contributed by atoms with E-state index in [0.717, 1.165) is 56.6 Å². The van der Waals surface area contributed by atoms with E-state index in [4.69, 9.17) is 1.37 Å². The van der Waals surface area contributed by atoms with Gasteiger partial charge in [-0.05, 0) is 109 Å². The number of aryl methyl sites for hydroxylation is 1. The lowest BCUT2D eigenvalue weighted by Gasteiger charge is -2.57. The molecule has 4 bridgehead atoms. The van der Waals surface area contributed by atoms with Crippen LogP contribution in [0.3, 0.4) is 0 Å². The molecule has 8 rings (SSSR count). The summed E-state index contributed by atoms with van der Waals surface area (Å²) in [7, 11) is 2.04. The molecule has 182 valence electrons. The van der Waals surface area contributed by atoms with Gasteiger partial charge in [0.15, 0.2) is 5.69 Å². The maximum absolute atomic E-state index is 15.2. The fourth-order valence-corrected chi connectivity index (χ4v) is 8.37. The van der Waals surface area contributed by atoms with Gasteiger partial charge in [0.25, 0.3) is 0 Å². The molecule has 0 aliphatic heterocycles. The first-order valence-electron chi connectivity index (χ1n) is 14.1. The second kappa shape index (κ2) is 8.00. The Morgan fingerprint density at radius 3 is 2.19 bits per heavy atom. The minimum Gasteiger partial charge on any atom is -0.206 e. The van der Waals surface area contributed by atoms with Crippen LogP contribution in [0.15, 0.2) is 66.7 Å². The molecule has 1 aromatic heterocycles. The highest BCUT2D eigenvalue weighted by atomic mass is 19.1. The van der Waals surface area contributed by atoms with Gasteiger partial charge in [-0.15, -0.1) is 0 Å². The minimum absolute atomic E-state index is 0.197. The Hall–Kier alpha value is -3.00. The molecule has 4 saturated carbocycles. The Morgan fingerprint density at radius 2 is 1.53 bits per heavy atom. The van der Waals surface area contributed by atoms with E-state index >= 15 is 4.39 Å². The van der Waals surface area contributed by atoms with E-state index in [1.165, 1.54) is 44.1 Å². The zero-order valence-corrected chi connectivity index (χ0v) is 21.6. The first kappa shape index (κ1) is 21.1. The van der Waals surface area contributed by atoms with E-state index < -0.39 is 0 Å². The molecule has 0 atom stereocenters. The molecular formula is C34H35FN+. The highest BCUT2D eigenvalue weighted by Gasteiger charge is 2.51. The van der Waals surface area contributed by atoms with Crippen LogP contribution >= 0.6 is 0 Å². The van der Waals surface area contributed by atoms with Gasteiger partial charge < -0.3 is 0 Å². The van der Waals surface area contributed by atoms with Crippen LogP contribution in [-0.2, 0) is 12.5 Å². The molecule has 0 unspecified atom stereocenters. The average Bonchev–Trinajstić information content (AvgIpc) is 2.88. The van der Waals surface area contributed by atoms with Crippen LogP contribution in [0.5, 0.6) is 0 Å². The number of hydrogen-bond donors (Lipinski definition) is 0. The lowest BCUT2D eigenvalue weighted by Crippen LogP contribution is -2.48. The first-order valence-corrected chi connectivity index (χ1v) is 13.6. The third kappa shape index (κ3) is 3.37. The van der Waals surface area contributed by atoms with E-state index in [0.29, 0.717) is 17.0 Å². The topological polar surface area (TPSA) is 3.88 Å². The van der Waals surface area contributed by atoms with Gasteiger partial charge in [-0.1, -0.05) is 42.5 Å². The Kier molecular flexibility index (Phi) is 4.69. The molecule has 3 aromatic carbocycles. The Labute approximate surface area is 215 Å². The number of aromatic nitrogens is 1. The van der Waals surface area contributed by atoms with Crippen molar-refractivity contribution < 1.29 is 10.3 Å². The van der Waals surface area contributed by atoms with Crippen molar-refractivity contribution in [3.8, 4) is 22.4 Å². The van der Waals surface area contributed by atoms with Crippen LogP contribution < -0.4 is 4.57 Å². The van der Waals surface area contributed by atoms with Gasteiger partial charge in [0.2, 0.25) is 5.69 Å². The Bertz CT molecular complexity index is 1520. The highest BCUT2D eigenvalue weighted by molar-refractivity contribution is 5.95. The van der Waals surface area contributed by atoms with Gasteiger partial charge in [0.1, 0.15) is 12.9 Å². The van der Waals surface area contributed by atoms with E-state index in [9.17, 15) is 0 Å². The number of hydrogen-bond acceptors (Lipinski definition) is 0. The molecule has 0 amide bonds. The molecule has 0 saturated heterocycles. The fraction of sp³-hybridized carbons (Fsp3) is 0.382. The molecule has 4 fully saturated rings. The van der Waals surface area contributed by atoms with Crippen molar-refractivity contribution >= 4 is 10.8 Å². The molecule has 0 radical (unpaired) electrons. The zero-order chi connectivity index (χ0) is 25.5. The van der Waals surface area contributed by atoms with Crippen LogP contribution in [0.4, 0.5) is 4.39 Å². The lowest BCUT2D eigenvalue weighted by atomic mass is 9.48. The number of halogens is 1. The van der Waals surface area contributed by atoms with E-state index in [1.807, 2.05) is 57.3 Å². The molecular weight excluding hydrogens is 441 g/mol. The van der Waals surface area contributed by atoms with Gasteiger partial charge in [-0.25, -0.2) is 4.39 Å². The predicted octanol–water partition coefficient (Wildman–Crippen LogP) is 8.22. The van der Waals surface area contributed by atoms with Gasteiger partial charge in [-0.2, -0.15) is 4.57 Å². The Balaban J connectivity index is 1.43. The smallest absolute Gasteiger partial charge is 0.206 e. The summed E-state index contributed by atoms with van der Waals surface area (Å²) in [5.74, 6) is 2.47. The van der Waals surface area contributed by atoms with Crippen molar-refractivity contribution in [3.05, 3.63) is 89.3 Å². The third-order valence-corrected chi connectivity index (χ3v) is 9.73. The molecule has 4 aliphatic rings. The van der Waals surface area contributed by atoms with E-state index in [2.05, 4.69) is 22.8 Å². The highest BCUT2D eigenvalue weighted by Crippen LogP contribution is 2.61. The summed E-state index contributed by atoms with van der Waals surface area (Å²) in [5, 5.41) is 2.11. The van der Waals surface area contributed by atoms with Crippen LogP contribution in [0.2, 0.25) is 0 Å². The van der Waals surface area contributed by atoms with Crippen molar-refractivity contribution in [2.24, 2.45) is 24.8 Å². The maximum Gasteiger partial charge on any atom is 0.220 e. The van der Waals surface area contributed by atoms with E-state index in [1.54, 1.807) is 6.07 Å². The Morgan fingerprint density at radius 1 is 0.861 bits per heavy atom. The zero-order valence-electron chi connectivity index (χ0n) is 22.6. The lowest BCUT2D eigenvalue weighted by molar-refractivity contribution is -0.665. The maximum atomic E-state index is 15.2. The van der Waals surface area contributed by atoms with Crippen LogP contribution in [0, 0.1) is 37.4 Å². The van der Waals surface area contributed by atoms with Crippen molar-refractivity contribution in [2.75, 3.05) is 0 Å². The van der Waals surface area contributed by atoms with E-state index in [-0.39, 0.29) is 5.82 Å². The summed E-state index contributed by atoms with van der Waals surface area (Å²) in [6.45, 7) is 4.03. The fourth-order valence-electron chi connectivity index (χ4n) is 8.37. The average molecular weight is 478 g/mol. The van der Waals surface area contributed by atoms with Crippen LogP contribution in [0.1, 0.15) is 56.7 Å². The summed E-state index contributed by atoms with van der Waals surface area (Å²) in [6.07, 6.45) is 8.26. The summed E-state index contributed by atoms with van der Waals surface area (Å²) in [4.78, 5) is 0.